The quantitative estimate of drug-likeness (QED) is 0.892. The van der Waals surface area contributed by atoms with Crippen molar-refractivity contribution < 1.29 is 18.4 Å². The van der Waals surface area contributed by atoms with Gasteiger partial charge in [-0.05, 0) is 23.6 Å². The van der Waals surface area contributed by atoms with E-state index in [9.17, 15) is 18.4 Å². The van der Waals surface area contributed by atoms with Crippen LogP contribution in [0, 0.1) is 11.6 Å². The SMILES string of the molecule is O=C(CCNC(=O)c1ccc(F)cc1F)Nc1ccsc1. The average molecular weight is 310 g/mol. The summed E-state index contributed by atoms with van der Waals surface area (Å²) < 4.78 is 26.1. The minimum Gasteiger partial charge on any atom is -0.351 e. The molecule has 0 unspecified atom stereocenters. The number of anilines is 1. The maximum atomic E-state index is 13.4. The molecule has 0 spiro atoms. The van der Waals surface area contributed by atoms with E-state index in [1.165, 1.54) is 11.3 Å². The third-order valence-corrected chi connectivity index (χ3v) is 3.30. The van der Waals surface area contributed by atoms with Gasteiger partial charge < -0.3 is 10.6 Å². The number of thiophene rings is 1. The third-order valence-electron chi connectivity index (χ3n) is 2.62. The van der Waals surface area contributed by atoms with Crippen molar-refractivity contribution in [1.29, 1.82) is 0 Å². The van der Waals surface area contributed by atoms with Gasteiger partial charge in [-0.25, -0.2) is 8.78 Å². The molecule has 0 saturated heterocycles. The summed E-state index contributed by atoms with van der Waals surface area (Å²) in [6.45, 7) is 0.0611. The summed E-state index contributed by atoms with van der Waals surface area (Å²) in [5, 5.41) is 8.67. The zero-order chi connectivity index (χ0) is 15.2. The molecule has 2 rings (SSSR count). The largest absolute Gasteiger partial charge is 0.351 e. The van der Waals surface area contributed by atoms with Gasteiger partial charge in [-0.3, -0.25) is 9.59 Å². The van der Waals surface area contributed by atoms with E-state index in [2.05, 4.69) is 10.6 Å². The van der Waals surface area contributed by atoms with Gasteiger partial charge in [-0.2, -0.15) is 11.3 Å². The van der Waals surface area contributed by atoms with Crippen molar-refractivity contribution in [2.45, 2.75) is 6.42 Å². The number of amides is 2. The molecule has 4 nitrogen and oxygen atoms in total. The van der Waals surface area contributed by atoms with Gasteiger partial charge in [0.25, 0.3) is 5.91 Å². The van der Waals surface area contributed by atoms with Crippen LogP contribution in [-0.2, 0) is 4.79 Å². The zero-order valence-corrected chi connectivity index (χ0v) is 11.7. The molecule has 1 aromatic heterocycles. The van der Waals surface area contributed by atoms with Crippen molar-refractivity contribution >= 4 is 28.8 Å². The van der Waals surface area contributed by atoms with Crippen LogP contribution in [0.3, 0.4) is 0 Å². The highest BCUT2D eigenvalue weighted by molar-refractivity contribution is 7.08. The zero-order valence-electron chi connectivity index (χ0n) is 10.9. The predicted octanol–water partition coefficient (Wildman–Crippen LogP) is 2.78. The summed E-state index contributed by atoms with van der Waals surface area (Å²) in [4.78, 5) is 23.2. The van der Waals surface area contributed by atoms with Crippen LogP contribution >= 0.6 is 11.3 Å². The standard InChI is InChI=1S/C14H12F2N2O2S/c15-9-1-2-11(12(16)7-9)14(20)17-5-3-13(19)18-10-4-6-21-8-10/h1-2,4,6-8H,3,5H2,(H,17,20)(H,18,19). The summed E-state index contributed by atoms with van der Waals surface area (Å²) in [6, 6.07) is 4.46. The molecule has 2 aromatic rings. The molecule has 0 aliphatic carbocycles. The topological polar surface area (TPSA) is 58.2 Å². The number of halogens is 2. The molecular formula is C14H12F2N2O2S. The lowest BCUT2D eigenvalue weighted by molar-refractivity contribution is -0.116. The fourth-order valence-electron chi connectivity index (χ4n) is 1.62. The van der Waals surface area contributed by atoms with E-state index in [4.69, 9.17) is 0 Å². The van der Waals surface area contributed by atoms with Gasteiger partial charge in [0, 0.05) is 24.4 Å². The van der Waals surface area contributed by atoms with Crippen LogP contribution in [0.15, 0.2) is 35.0 Å². The third kappa shape index (κ3) is 4.35. The lowest BCUT2D eigenvalue weighted by Crippen LogP contribution is -2.28. The molecular weight excluding hydrogens is 298 g/mol. The Kier molecular flexibility index (Phi) is 4.99. The van der Waals surface area contributed by atoms with Crippen LogP contribution in [-0.4, -0.2) is 18.4 Å². The molecule has 0 aliphatic heterocycles. The molecule has 0 aliphatic rings. The van der Waals surface area contributed by atoms with Gasteiger partial charge in [0.2, 0.25) is 5.91 Å². The van der Waals surface area contributed by atoms with Crippen LogP contribution in [0.1, 0.15) is 16.8 Å². The Morgan fingerprint density at radius 2 is 2.00 bits per heavy atom. The number of hydrogen-bond donors (Lipinski definition) is 2. The van der Waals surface area contributed by atoms with E-state index in [0.717, 1.165) is 12.1 Å². The van der Waals surface area contributed by atoms with Crippen LogP contribution in [0.4, 0.5) is 14.5 Å². The molecule has 0 atom stereocenters. The summed E-state index contributed by atoms with van der Waals surface area (Å²) in [7, 11) is 0. The highest BCUT2D eigenvalue weighted by Crippen LogP contribution is 2.12. The molecule has 1 heterocycles. The Balaban J connectivity index is 1.80. The van der Waals surface area contributed by atoms with Crippen molar-refractivity contribution in [3.05, 3.63) is 52.2 Å². The molecule has 0 fully saturated rings. The monoisotopic (exact) mass is 310 g/mol. The molecule has 0 saturated carbocycles. The fourth-order valence-corrected chi connectivity index (χ4v) is 2.21. The number of nitrogens with one attached hydrogen (secondary N) is 2. The summed E-state index contributed by atoms with van der Waals surface area (Å²) in [6.07, 6.45) is 0.0599. The second-order valence-corrected chi connectivity index (χ2v) is 4.97. The van der Waals surface area contributed by atoms with E-state index >= 15 is 0 Å². The van der Waals surface area contributed by atoms with Crippen LogP contribution < -0.4 is 10.6 Å². The van der Waals surface area contributed by atoms with Crippen molar-refractivity contribution in [2.24, 2.45) is 0 Å². The van der Waals surface area contributed by atoms with Crippen LogP contribution in [0.25, 0.3) is 0 Å². The second-order valence-electron chi connectivity index (χ2n) is 4.19. The van der Waals surface area contributed by atoms with E-state index < -0.39 is 17.5 Å². The average Bonchev–Trinajstić information content (AvgIpc) is 2.91. The van der Waals surface area contributed by atoms with Gasteiger partial charge in [0.1, 0.15) is 11.6 Å². The molecule has 2 amide bonds. The summed E-state index contributed by atoms with van der Waals surface area (Å²) in [5.74, 6) is -2.63. The molecule has 21 heavy (non-hydrogen) atoms. The van der Waals surface area contributed by atoms with Crippen molar-refractivity contribution in [1.82, 2.24) is 5.32 Å². The van der Waals surface area contributed by atoms with Gasteiger partial charge in [-0.15, -0.1) is 0 Å². The van der Waals surface area contributed by atoms with E-state index in [-0.39, 0.29) is 24.4 Å². The molecule has 0 bridgehead atoms. The van der Waals surface area contributed by atoms with Crippen molar-refractivity contribution in [3.63, 3.8) is 0 Å². The highest BCUT2D eigenvalue weighted by Gasteiger charge is 2.12. The maximum Gasteiger partial charge on any atom is 0.254 e. The summed E-state index contributed by atoms with van der Waals surface area (Å²) >= 11 is 1.45. The first-order valence-electron chi connectivity index (χ1n) is 6.11. The van der Waals surface area contributed by atoms with E-state index in [1.54, 1.807) is 11.4 Å². The molecule has 110 valence electrons. The Morgan fingerprint density at radius 3 is 2.67 bits per heavy atom. The summed E-state index contributed by atoms with van der Waals surface area (Å²) in [5.41, 5.74) is 0.440. The second kappa shape index (κ2) is 6.94. The highest BCUT2D eigenvalue weighted by atomic mass is 32.1. The first-order valence-corrected chi connectivity index (χ1v) is 7.06. The minimum absolute atomic E-state index is 0.0599. The Morgan fingerprint density at radius 1 is 1.19 bits per heavy atom. The lowest BCUT2D eigenvalue weighted by Gasteiger charge is -2.06. The number of carbonyl (C=O) groups is 2. The van der Waals surface area contributed by atoms with Gasteiger partial charge in [0.05, 0.1) is 11.3 Å². The van der Waals surface area contributed by atoms with Gasteiger partial charge in [0.15, 0.2) is 0 Å². The van der Waals surface area contributed by atoms with Crippen molar-refractivity contribution in [3.8, 4) is 0 Å². The smallest absolute Gasteiger partial charge is 0.254 e. The number of carbonyl (C=O) groups excluding carboxylic acids is 2. The Bertz CT molecular complexity index is 644. The normalized spacial score (nSPS) is 10.2. The van der Waals surface area contributed by atoms with E-state index in [0.29, 0.717) is 11.8 Å². The maximum absolute atomic E-state index is 13.4. The van der Waals surface area contributed by atoms with Crippen molar-refractivity contribution in [2.75, 3.05) is 11.9 Å². The first-order chi connectivity index (χ1) is 10.1. The number of benzene rings is 1. The molecule has 0 radical (unpaired) electrons. The van der Waals surface area contributed by atoms with Gasteiger partial charge in [-0.1, -0.05) is 0 Å². The molecule has 1 aromatic carbocycles. The van der Waals surface area contributed by atoms with Crippen LogP contribution in [0.2, 0.25) is 0 Å². The Hall–Kier alpha value is -2.28. The van der Waals surface area contributed by atoms with E-state index in [1.807, 2.05) is 5.38 Å². The number of rotatable bonds is 5. The van der Waals surface area contributed by atoms with Gasteiger partial charge >= 0.3 is 0 Å². The first kappa shape index (κ1) is 15.1. The molecule has 2 N–H and O–H groups in total. The predicted molar refractivity (Wildman–Crippen MR) is 76.3 cm³/mol. The fraction of sp³-hybridized carbons (Fsp3) is 0.143. The number of hydrogen-bond acceptors (Lipinski definition) is 3. The lowest BCUT2D eigenvalue weighted by atomic mass is 10.2. The Labute approximate surface area is 123 Å². The van der Waals surface area contributed by atoms with Crippen LogP contribution in [0.5, 0.6) is 0 Å². The molecule has 7 heteroatoms. The minimum atomic E-state index is -0.935.